The van der Waals surface area contributed by atoms with Gasteiger partial charge < -0.3 is 10.6 Å². The summed E-state index contributed by atoms with van der Waals surface area (Å²) in [6.07, 6.45) is 7.75. The first-order valence-corrected chi connectivity index (χ1v) is 13.9. The van der Waals surface area contributed by atoms with Gasteiger partial charge in [-0.1, -0.05) is 53.8 Å². The Balaban J connectivity index is 1.28. The van der Waals surface area contributed by atoms with Gasteiger partial charge in [-0.15, -0.1) is 11.3 Å². The molecular weight excluding hydrogens is 548 g/mol. The van der Waals surface area contributed by atoms with E-state index in [1.807, 2.05) is 12.1 Å². The Morgan fingerprint density at radius 3 is 2.76 bits per heavy atom. The minimum atomic E-state index is -0.412. The molecule has 188 valence electrons. The zero-order valence-corrected chi connectivity index (χ0v) is 22.7. The van der Waals surface area contributed by atoms with E-state index in [1.54, 1.807) is 42.7 Å². The Hall–Kier alpha value is -3.05. The lowest BCUT2D eigenvalue weighted by Gasteiger charge is -2.14. The molecule has 0 radical (unpaired) electrons. The molecule has 2 N–H and O–H groups in total. The van der Waals surface area contributed by atoms with Crippen LogP contribution in [0.3, 0.4) is 0 Å². The number of thiophene rings is 1. The molecule has 1 saturated heterocycles. The SMILES string of the molecule is O=C(CN1C(=O)/C(=C/c2ccc(Cl)cc2)SC1=S)Nc1sc2c(c1C(=O)NCc1cccnc1)CCC2. The maximum absolute atomic E-state index is 13.1. The summed E-state index contributed by atoms with van der Waals surface area (Å²) in [6, 6.07) is 10.8. The van der Waals surface area contributed by atoms with E-state index in [0.29, 0.717) is 31.4 Å². The van der Waals surface area contributed by atoms with E-state index in [0.717, 1.165) is 52.6 Å². The van der Waals surface area contributed by atoms with Crippen molar-refractivity contribution in [2.75, 3.05) is 11.9 Å². The van der Waals surface area contributed by atoms with Crippen molar-refractivity contribution in [2.24, 2.45) is 0 Å². The predicted octanol–water partition coefficient (Wildman–Crippen LogP) is 5.06. The van der Waals surface area contributed by atoms with Gasteiger partial charge in [-0.05, 0) is 60.2 Å². The third-order valence-corrected chi connectivity index (χ3v) is 8.76. The number of nitrogens with one attached hydrogen (secondary N) is 2. The molecule has 1 fully saturated rings. The van der Waals surface area contributed by atoms with Crippen molar-refractivity contribution >= 4 is 80.0 Å². The van der Waals surface area contributed by atoms with Gasteiger partial charge in [-0.2, -0.15) is 0 Å². The van der Waals surface area contributed by atoms with Crippen LogP contribution in [0.15, 0.2) is 53.7 Å². The lowest BCUT2D eigenvalue weighted by molar-refractivity contribution is -0.126. The molecule has 0 unspecified atom stereocenters. The third-order valence-electron chi connectivity index (χ3n) is 5.92. The number of rotatable bonds is 7. The summed E-state index contributed by atoms with van der Waals surface area (Å²) in [6.45, 7) is 0.100. The van der Waals surface area contributed by atoms with Gasteiger partial charge in [0.1, 0.15) is 15.9 Å². The number of thioether (sulfide) groups is 1. The van der Waals surface area contributed by atoms with Gasteiger partial charge in [0.15, 0.2) is 0 Å². The standard InChI is InChI=1S/C26H21ClN4O3S3/c27-17-8-6-15(7-9-17)11-20-25(34)31(26(35)37-20)14-21(32)30-24-22(18-4-1-5-19(18)36-24)23(33)29-13-16-3-2-10-28-12-16/h2-3,6-12H,1,4-5,13-14H2,(H,29,33)(H,30,32)/b20-11-. The lowest BCUT2D eigenvalue weighted by Crippen LogP contribution is -2.36. The molecule has 3 amide bonds. The molecule has 11 heteroatoms. The number of hydrogen-bond donors (Lipinski definition) is 2. The molecule has 0 saturated carbocycles. The maximum atomic E-state index is 13.1. The number of aromatic nitrogens is 1. The van der Waals surface area contributed by atoms with E-state index >= 15 is 0 Å². The molecule has 1 aliphatic heterocycles. The van der Waals surface area contributed by atoms with Gasteiger partial charge >= 0.3 is 0 Å². The third kappa shape index (κ3) is 5.77. The van der Waals surface area contributed by atoms with E-state index < -0.39 is 5.91 Å². The summed E-state index contributed by atoms with van der Waals surface area (Å²) < 4.78 is 0.309. The number of hydrogen-bond acceptors (Lipinski definition) is 7. The Morgan fingerprint density at radius 1 is 1.19 bits per heavy atom. The lowest BCUT2D eigenvalue weighted by atomic mass is 10.1. The Bertz CT molecular complexity index is 1420. The molecule has 3 heterocycles. The van der Waals surface area contributed by atoms with Crippen molar-refractivity contribution in [1.29, 1.82) is 0 Å². The van der Waals surface area contributed by atoms with Gasteiger partial charge in [-0.3, -0.25) is 24.3 Å². The first kappa shape index (κ1) is 25.6. The zero-order valence-electron chi connectivity index (χ0n) is 19.5. The molecule has 5 rings (SSSR count). The number of pyridine rings is 1. The van der Waals surface area contributed by atoms with Crippen LogP contribution < -0.4 is 10.6 Å². The normalized spacial score (nSPS) is 15.8. The summed E-state index contributed by atoms with van der Waals surface area (Å²) in [5.74, 6) is -0.983. The van der Waals surface area contributed by atoms with E-state index in [1.165, 1.54) is 16.2 Å². The number of carbonyl (C=O) groups is 3. The number of halogens is 1. The second-order valence-electron chi connectivity index (χ2n) is 8.47. The monoisotopic (exact) mass is 568 g/mol. The average Bonchev–Trinajstić information content (AvgIpc) is 3.54. The molecule has 7 nitrogen and oxygen atoms in total. The molecule has 1 aromatic carbocycles. The number of anilines is 1. The van der Waals surface area contributed by atoms with Gasteiger partial charge in [0.05, 0.1) is 10.5 Å². The summed E-state index contributed by atoms with van der Waals surface area (Å²) >= 11 is 13.9. The van der Waals surface area contributed by atoms with Crippen molar-refractivity contribution in [1.82, 2.24) is 15.2 Å². The molecule has 0 bridgehead atoms. The molecule has 0 spiro atoms. The van der Waals surface area contributed by atoms with Gasteiger partial charge in [0.2, 0.25) is 5.91 Å². The molecular formula is C26H21ClN4O3S3. The summed E-state index contributed by atoms with van der Waals surface area (Å²) in [5, 5.41) is 6.91. The van der Waals surface area contributed by atoms with Gasteiger partial charge in [0.25, 0.3) is 11.8 Å². The highest BCUT2D eigenvalue weighted by molar-refractivity contribution is 8.26. The highest BCUT2D eigenvalue weighted by atomic mass is 35.5. The van der Waals surface area contributed by atoms with E-state index in [9.17, 15) is 14.4 Å². The smallest absolute Gasteiger partial charge is 0.266 e. The molecule has 1 aliphatic carbocycles. The topological polar surface area (TPSA) is 91.4 Å². The van der Waals surface area contributed by atoms with Crippen LogP contribution in [0.25, 0.3) is 6.08 Å². The summed E-state index contributed by atoms with van der Waals surface area (Å²) in [7, 11) is 0. The largest absolute Gasteiger partial charge is 0.348 e. The van der Waals surface area contributed by atoms with Crippen LogP contribution in [0.5, 0.6) is 0 Å². The number of fused-ring (bicyclic) bond motifs is 1. The van der Waals surface area contributed by atoms with Crippen LogP contribution >= 0.6 is 46.9 Å². The van der Waals surface area contributed by atoms with Crippen LogP contribution in [0.1, 0.15) is 38.3 Å². The first-order valence-electron chi connectivity index (χ1n) is 11.5. The van der Waals surface area contributed by atoms with Crippen LogP contribution in [0.2, 0.25) is 5.02 Å². The number of carbonyl (C=O) groups excluding carboxylic acids is 3. The molecule has 37 heavy (non-hydrogen) atoms. The second kappa shape index (κ2) is 11.1. The van der Waals surface area contributed by atoms with Crippen LogP contribution in [0.4, 0.5) is 5.00 Å². The summed E-state index contributed by atoms with van der Waals surface area (Å²) in [5.41, 5.74) is 3.18. The minimum absolute atomic E-state index is 0.234. The van der Waals surface area contributed by atoms with Crippen LogP contribution in [0, 0.1) is 0 Å². The second-order valence-corrected chi connectivity index (χ2v) is 11.7. The van der Waals surface area contributed by atoms with Crippen molar-refractivity contribution in [3.05, 3.63) is 85.9 Å². The minimum Gasteiger partial charge on any atom is -0.348 e. The maximum Gasteiger partial charge on any atom is 0.266 e. The number of amides is 3. The average molecular weight is 569 g/mol. The Kier molecular flexibility index (Phi) is 7.71. The van der Waals surface area contributed by atoms with Crippen molar-refractivity contribution < 1.29 is 14.4 Å². The fourth-order valence-electron chi connectivity index (χ4n) is 4.16. The molecule has 3 aromatic rings. The summed E-state index contributed by atoms with van der Waals surface area (Å²) in [4.78, 5) is 46.0. The number of nitrogens with zero attached hydrogens (tertiary/aromatic N) is 2. The molecule has 2 aromatic heterocycles. The van der Waals surface area contributed by atoms with E-state index in [-0.39, 0.29) is 18.4 Å². The zero-order chi connectivity index (χ0) is 25.9. The number of benzene rings is 1. The Labute approximate surface area is 232 Å². The van der Waals surface area contributed by atoms with Crippen LogP contribution in [-0.2, 0) is 29.0 Å². The highest BCUT2D eigenvalue weighted by Crippen LogP contribution is 2.39. The Morgan fingerprint density at radius 2 is 2.00 bits per heavy atom. The quantitative estimate of drug-likeness (QED) is 0.306. The van der Waals surface area contributed by atoms with Gasteiger partial charge in [0, 0.05) is 28.8 Å². The van der Waals surface area contributed by atoms with Crippen molar-refractivity contribution in [3.63, 3.8) is 0 Å². The molecule has 2 aliphatic rings. The van der Waals surface area contributed by atoms with Crippen molar-refractivity contribution in [3.8, 4) is 0 Å². The van der Waals surface area contributed by atoms with E-state index in [2.05, 4.69) is 15.6 Å². The fourth-order valence-corrected chi connectivity index (χ4v) is 6.85. The fraction of sp³-hybridized carbons (Fsp3) is 0.192. The highest BCUT2D eigenvalue weighted by Gasteiger charge is 2.34. The van der Waals surface area contributed by atoms with Crippen molar-refractivity contribution in [2.45, 2.75) is 25.8 Å². The van der Waals surface area contributed by atoms with Gasteiger partial charge in [-0.25, -0.2) is 0 Å². The first-order chi connectivity index (χ1) is 17.9. The van der Waals surface area contributed by atoms with E-state index in [4.69, 9.17) is 23.8 Å². The molecule has 0 atom stereocenters. The number of aryl methyl sites for hydroxylation is 1. The predicted molar refractivity (Wildman–Crippen MR) is 152 cm³/mol. The number of thiocarbonyl (C=S) groups is 1. The van der Waals surface area contributed by atoms with Crippen LogP contribution in [-0.4, -0.2) is 38.5 Å².